The van der Waals surface area contributed by atoms with E-state index in [0.717, 1.165) is 30.1 Å². The molecule has 0 aliphatic heterocycles. The van der Waals surface area contributed by atoms with Gasteiger partial charge >= 0.3 is 0 Å². The Balaban J connectivity index is 2.67. The molecule has 0 N–H and O–H groups in total. The fourth-order valence-electron chi connectivity index (χ4n) is 1.57. The highest BCUT2D eigenvalue weighted by Gasteiger charge is 2.06. The first-order valence-corrected chi connectivity index (χ1v) is 6.43. The van der Waals surface area contributed by atoms with Crippen molar-refractivity contribution in [3.63, 3.8) is 0 Å². The van der Waals surface area contributed by atoms with Crippen LogP contribution in [-0.2, 0) is 6.54 Å². The van der Waals surface area contributed by atoms with Crippen LogP contribution in [0.25, 0.3) is 0 Å². The van der Waals surface area contributed by atoms with Gasteiger partial charge in [0.05, 0.1) is 11.4 Å². The van der Waals surface area contributed by atoms with Gasteiger partial charge in [0.2, 0.25) is 0 Å². The molecule has 0 radical (unpaired) electrons. The third-order valence-electron chi connectivity index (χ3n) is 2.55. The first-order valence-electron chi connectivity index (χ1n) is 6.43. The number of aromatic nitrogens is 1. The van der Waals surface area contributed by atoms with Gasteiger partial charge in [0.15, 0.2) is 0 Å². The largest absolute Gasteiger partial charge is 0.295 e. The Hall–Kier alpha value is -1.74. The molecule has 0 saturated heterocycles. The van der Waals surface area contributed by atoms with E-state index in [2.05, 4.69) is 28.5 Å². The summed E-state index contributed by atoms with van der Waals surface area (Å²) >= 11 is 0. The van der Waals surface area contributed by atoms with Crippen LogP contribution < -0.4 is 0 Å². The summed E-state index contributed by atoms with van der Waals surface area (Å²) in [5.41, 5.74) is 4.27. The van der Waals surface area contributed by atoms with Gasteiger partial charge in [-0.3, -0.25) is 14.9 Å². The van der Waals surface area contributed by atoms with Crippen LogP contribution in [0.3, 0.4) is 0 Å². The molecule has 19 heavy (non-hydrogen) atoms. The Morgan fingerprint density at radius 3 is 2.63 bits per heavy atom. The van der Waals surface area contributed by atoms with E-state index >= 15 is 0 Å². The monoisotopic (exact) mass is 257 g/mol. The molecule has 0 aromatic carbocycles. The molecule has 3 nitrogen and oxygen atoms in total. The predicted molar refractivity (Wildman–Crippen MR) is 82.3 cm³/mol. The maximum absolute atomic E-state index is 4.50. The van der Waals surface area contributed by atoms with Crippen molar-refractivity contribution in [2.24, 2.45) is 4.99 Å². The van der Waals surface area contributed by atoms with Crippen molar-refractivity contribution in [1.29, 1.82) is 0 Å². The third-order valence-corrected chi connectivity index (χ3v) is 2.55. The zero-order valence-electron chi connectivity index (χ0n) is 12.3. The third kappa shape index (κ3) is 6.11. The van der Waals surface area contributed by atoms with Crippen LogP contribution in [0.5, 0.6) is 0 Å². The second kappa shape index (κ2) is 7.64. The van der Waals surface area contributed by atoms with E-state index in [-0.39, 0.29) is 0 Å². The van der Waals surface area contributed by atoms with Crippen LogP contribution in [-0.4, -0.2) is 29.2 Å². The molecule has 0 amide bonds. The number of nitrogens with zero attached hydrogens (tertiary/aromatic N) is 3. The maximum atomic E-state index is 4.50. The summed E-state index contributed by atoms with van der Waals surface area (Å²) < 4.78 is 0. The van der Waals surface area contributed by atoms with Gasteiger partial charge in [-0.2, -0.15) is 0 Å². The smallest absolute Gasteiger partial charge is 0.0567 e. The lowest BCUT2D eigenvalue weighted by molar-refractivity contribution is 0.369. The number of hydrogen-bond acceptors (Lipinski definition) is 3. The van der Waals surface area contributed by atoms with Crippen molar-refractivity contribution in [3.05, 3.63) is 54.0 Å². The number of aliphatic imine (C=N–C) groups is 1. The van der Waals surface area contributed by atoms with E-state index in [1.54, 1.807) is 0 Å². The standard InChI is InChI=1S/C16H23N3/c1-13(2)10-18-16(14(3)4)12-19(5)11-15-8-6-7-9-17-15/h6-10H,3,11-12H2,1-2,4-5H3. The first kappa shape index (κ1) is 15.3. The zero-order valence-corrected chi connectivity index (χ0v) is 12.3. The van der Waals surface area contributed by atoms with Gasteiger partial charge in [0, 0.05) is 25.5 Å². The quantitative estimate of drug-likeness (QED) is 0.730. The normalized spacial score (nSPS) is 11.5. The summed E-state index contributed by atoms with van der Waals surface area (Å²) in [7, 11) is 2.07. The molecule has 102 valence electrons. The average Bonchev–Trinajstić information content (AvgIpc) is 2.35. The van der Waals surface area contributed by atoms with Crippen LogP contribution in [0.1, 0.15) is 26.5 Å². The molecule has 1 heterocycles. The molecular weight excluding hydrogens is 234 g/mol. The van der Waals surface area contributed by atoms with Crippen molar-refractivity contribution in [2.75, 3.05) is 13.6 Å². The van der Waals surface area contributed by atoms with Crippen molar-refractivity contribution in [1.82, 2.24) is 9.88 Å². The average molecular weight is 257 g/mol. The fraction of sp³-hybridized carbons (Fsp3) is 0.375. The van der Waals surface area contributed by atoms with Crippen LogP contribution in [0.15, 0.2) is 53.3 Å². The second-order valence-electron chi connectivity index (χ2n) is 5.06. The molecule has 0 atom stereocenters. The lowest BCUT2D eigenvalue weighted by Crippen LogP contribution is -2.26. The Morgan fingerprint density at radius 1 is 1.37 bits per heavy atom. The Morgan fingerprint density at radius 2 is 2.11 bits per heavy atom. The molecular formula is C16H23N3. The summed E-state index contributed by atoms with van der Waals surface area (Å²) in [5, 5.41) is 0. The number of rotatable bonds is 6. The molecule has 0 spiro atoms. The summed E-state index contributed by atoms with van der Waals surface area (Å²) in [6.07, 6.45) is 3.71. The maximum Gasteiger partial charge on any atom is 0.0567 e. The van der Waals surface area contributed by atoms with E-state index in [0.29, 0.717) is 0 Å². The van der Waals surface area contributed by atoms with E-state index in [1.807, 2.05) is 51.4 Å². The zero-order chi connectivity index (χ0) is 14.3. The fourth-order valence-corrected chi connectivity index (χ4v) is 1.57. The predicted octanol–water partition coefficient (Wildman–Crippen LogP) is 3.45. The second-order valence-corrected chi connectivity index (χ2v) is 5.06. The highest BCUT2D eigenvalue weighted by molar-refractivity contribution is 6.01. The number of hydrogen-bond donors (Lipinski definition) is 0. The van der Waals surface area contributed by atoms with Gasteiger partial charge < -0.3 is 0 Å². The van der Waals surface area contributed by atoms with Gasteiger partial charge in [-0.1, -0.05) is 18.2 Å². The summed E-state index contributed by atoms with van der Waals surface area (Å²) in [5.74, 6) is 0. The molecule has 1 rings (SSSR count). The van der Waals surface area contributed by atoms with Crippen molar-refractivity contribution >= 4 is 5.71 Å². The highest BCUT2D eigenvalue weighted by Crippen LogP contribution is 2.03. The summed E-state index contributed by atoms with van der Waals surface area (Å²) in [6, 6.07) is 5.97. The van der Waals surface area contributed by atoms with E-state index in [1.165, 1.54) is 5.57 Å². The van der Waals surface area contributed by atoms with Gasteiger partial charge in [0.25, 0.3) is 0 Å². The van der Waals surface area contributed by atoms with E-state index < -0.39 is 0 Å². The minimum atomic E-state index is 0.773. The van der Waals surface area contributed by atoms with E-state index in [4.69, 9.17) is 0 Å². The Labute approximate surface area is 116 Å². The van der Waals surface area contributed by atoms with Crippen LogP contribution in [0.4, 0.5) is 0 Å². The minimum Gasteiger partial charge on any atom is -0.295 e. The summed E-state index contributed by atoms with van der Waals surface area (Å²) in [4.78, 5) is 11.0. The topological polar surface area (TPSA) is 28.5 Å². The van der Waals surface area contributed by atoms with Crippen LogP contribution >= 0.6 is 0 Å². The van der Waals surface area contributed by atoms with Crippen LogP contribution in [0, 0.1) is 0 Å². The molecule has 1 aromatic rings. The first-order chi connectivity index (χ1) is 8.99. The van der Waals surface area contributed by atoms with Gasteiger partial charge in [-0.05, 0) is 45.5 Å². The lowest BCUT2D eigenvalue weighted by atomic mass is 10.2. The van der Waals surface area contributed by atoms with Crippen molar-refractivity contribution in [2.45, 2.75) is 27.3 Å². The Kier molecular flexibility index (Phi) is 6.16. The molecule has 0 bridgehead atoms. The Bertz CT molecular complexity index is 468. The van der Waals surface area contributed by atoms with Gasteiger partial charge in [-0.15, -0.1) is 0 Å². The van der Waals surface area contributed by atoms with Gasteiger partial charge in [0.1, 0.15) is 0 Å². The molecule has 0 aliphatic carbocycles. The summed E-state index contributed by atoms with van der Waals surface area (Å²) in [6.45, 7) is 11.6. The highest BCUT2D eigenvalue weighted by atomic mass is 15.1. The number of allylic oxidation sites excluding steroid dienone is 1. The molecule has 0 saturated carbocycles. The molecule has 0 aliphatic rings. The van der Waals surface area contributed by atoms with Crippen LogP contribution in [0.2, 0.25) is 0 Å². The molecule has 3 heteroatoms. The molecule has 0 unspecified atom stereocenters. The number of pyridine rings is 1. The minimum absolute atomic E-state index is 0.773. The van der Waals surface area contributed by atoms with E-state index in [9.17, 15) is 0 Å². The molecule has 0 fully saturated rings. The van der Waals surface area contributed by atoms with Crippen molar-refractivity contribution < 1.29 is 0 Å². The lowest BCUT2D eigenvalue weighted by Gasteiger charge is -2.17. The molecule has 1 aromatic heterocycles. The SMILES string of the molecule is C=C(C)C(CN(C)Cc1ccccn1)=NC=C(C)C. The van der Waals surface area contributed by atoms with Gasteiger partial charge in [-0.25, -0.2) is 0 Å². The van der Waals surface area contributed by atoms with Crippen molar-refractivity contribution in [3.8, 4) is 0 Å².